The number of carbonyl (C=O) groups is 1. The Morgan fingerprint density at radius 2 is 1.97 bits per heavy atom. The summed E-state index contributed by atoms with van der Waals surface area (Å²) in [4.78, 5) is 15.2. The fourth-order valence-electron chi connectivity index (χ4n) is 4.01. The van der Waals surface area contributed by atoms with E-state index in [1.165, 1.54) is 0 Å². The van der Waals surface area contributed by atoms with Crippen LogP contribution in [0, 0.1) is 6.92 Å². The average Bonchev–Trinajstić information content (AvgIpc) is 3.06. The third-order valence-corrected chi connectivity index (χ3v) is 6.36. The van der Waals surface area contributed by atoms with Gasteiger partial charge in [-0.05, 0) is 48.4 Å². The molecule has 3 aromatic carbocycles. The second kappa shape index (κ2) is 8.15. The molecule has 0 saturated carbocycles. The Kier molecular flexibility index (Phi) is 5.34. The van der Waals surface area contributed by atoms with E-state index >= 15 is 0 Å². The highest BCUT2D eigenvalue weighted by Crippen LogP contribution is 2.43. The quantitative estimate of drug-likeness (QED) is 0.395. The number of fused-ring (bicyclic) bond motifs is 2. The predicted molar refractivity (Wildman–Crippen MR) is 124 cm³/mol. The van der Waals surface area contributed by atoms with Crippen molar-refractivity contribution in [2.24, 2.45) is 0 Å². The van der Waals surface area contributed by atoms with Gasteiger partial charge in [0.05, 0.1) is 5.56 Å². The van der Waals surface area contributed by atoms with Crippen molar-refractivity contribution in [3.63, 3.8) is 0 Å². The van der Waals surface area contributed by atoms with Crippen molar-refractivity contribution in [1.82, 2.24) is 4.90 Å². The Labute approximate surface area is 194 Å². The lowest BCUT2D eigenvalue weighted by atomic mass is 10.00. The molecule has 2 aliphatic rings. The molecule has 31 heavy (non-hydrogen) atoms. The van der Waals surface area contributed by atoms with Crippen molar-refractivity contribution >= 4 is 39.4 Å². The van der Waals surface area contributed by atoms with Crippen LogP contribution >= 0.6 is 27.5 Å². The van der Waals surface area contributed by atoms with E-state index in [1.54, 1.807) is 6.08 Å². The minimum atomic E-state index is -0.107. The smallest absolute Gasteiger partial charge is 0.231 e. The molecule has 4 nitrogen and oxygen atoms in total. The molecule has 0 atom stereocenters. The number of nitrogens with zero attached hydrogens (tertiary/aromatic N) is 1. The van der Waals surface area contributed by atoms with Gasteiger partial charge >= 0.3 is 0 Å². The average molecular weight is 497 g/mol. The van der Waals surface area contributed by atoms with Gasteiger partial charge in [-0.2, -0.15) is 0 Å². The molecule has 0 unspecified atom stereocenters. The van der Waals surface area contributed by atoms with Crippen LogP contribution in [0.3, 0.4) is 0 Å². The van der Waals surface area contributed by atoms with Gasteiger partial charge in [0.25, 0.3) is 0 Å². The molecular formula is C25H19BrClNO3. The fraction of sp³-hybridized carbons (Fsp3) is 0.160. The molecule has 156 valence electrons. The lowest BCUT2D eigenvalue weighted by Gasteiger charge is -2.30. The van der Waals surface area contributed by atoms with Gasteiger partial charge in [-0.15, -0.1) is 0 Å². The lowest BCUT2D eigenvalue weighted by molar-refractivity contribution is 0.0877. The van der Waals surface area contributed by atoms with Gasteiger partial charge in [-0.3, -0.25) is 9.69 Å². The van der Waals surface area contributed by atoms with Crippen LogP contribution < -0.4 is 9.47 Å². The zero-order valence-electron chi connectivity index (χ0n) is 16.8. The second-order valence-corrected chi connectivity index (χ2v) is 9.04. The zero-order valence-corrected chi connectivity index (χ0v) is 19.2. The van der Waals surface area contributed by atoms with Crippen molar-refractivity contribution in [3.8, 4) is 11.5 Å². The standard InChI is InChI=1S/C25H19BrClNO3/c1-15-24-18(13-28(14-30-24)12-17-6-2-3-8-21(17)27)11-20-23(29)22(31-25(15)20)10-16-5-4-7-19(26)9-16/h2-11H,12-14H2,1H3/b22-10-. The maximum atomic E-state index is 13.1. The van der Waals surface area contributed by atoms with Gasteiger partial charge in [0.15, 0.2) is 5.76 Å². The van der Waals surface area contributed by atoms with E-state index in [0.717, 1.165) is 37.5 Å². The van der Waals surface area contributed by atoms with Crippen LogP contribution in [0.5, 0.6) is 11.5 Å². The first-order chi connectivity index (χ1) is 15.0. The number of allylic oxidation sites excluding steroid dienone is 1. The van der Waals surface area contributed by atoms with Crippen molar-refractivity contribution in [1.29, 1.82) is 0 Å². The summed E-state index contributed by atoms with van der Waals surface area (Å²) in [6.07, 6.45) is 1.77. The Morgan fingerprint density at radius 1 is 1.13 bits per heavy atom. The highest BCUT2D eigenvalue weighted by molar-refractivity contribution is 9.10. The molecule has 6 heteroatoms. The first-order valence-electron chi connectivity index (χ1n) is 9.94. The minimum absolute atomic E-state index is 0.107. The SMILES string of the molecule is Cc1c2c(cc3c1O/C(=C\c1cccc(Br)c1)C3=O)CN(Cc1ccccc1Cl)CO2. The molecule has 0 spiro atoms. The van der Waals surface area contributed by atoms with E-state index < -0.39 is 0 Å². The highest BCUT2D eigenvalue weighted by Gasteiger charge is 2.33. The molecule has 2 aliphatic heterocycles. The first-order valence-corrected chi connectivity index (χ1v) is 11.1. The molecule has 3 aromatic rings. The maximum Gasteiger partial charge on any atom is 0.231 e. The summed E-state index contributed by atoms with van der Waals surface area (Å²) < 4.78 is 13.0. The van der Waals surface area contributed by atoms with Gasteiger partial charge in [-0.1, -0.05) is 57.9 Å². The van der Waals surface area contributed by atoms with E-state index in [9.17, 15) is 4.79 Å². The molecule has 0 fully saturated rings. The summed E-state index contributed by atoms with van der Waals surface area (Å²) in [5.74, 6) is 1.60. The van der Waals surface area contributed by atoms with Gasteiger partial charge in [-0.25, -0.2) is 0 Å². The molecule has 2 heterocycles. The summed E-state index contributed by atoms with van der Waals surface area (Å²) in [7, 11) is 0. The lowest BCUT2D eigenvalue weighted by Crippen LogP contribution is -2.32. The van der Waals surface area contributed by atoms with Crippen molar-refractivity contribution in [2.75, 3.05) is 6.73 Å². The summed E-state index contributed by atoms with van der Waals surface area (Å²) >= 11 is 9.78. The molecule has 5 rings (SSSR count). The van der Waals surface area contributed by atoms with Gasteiger partial charge in [0.2, 0.25) is 5.78 Å². The monoisotopic (exact) mass is 495 g/mol. The number of carbonyl (C=O) groups excluding carboxylic acids is 1. The fourth-order valence-corrected chi connectivity index (χ4v) is 4.63. The van der Waals surface area contributed by atoms with Crippen molar-refractivity contribution < 1.29 is 14.3 Å². The molecule has 0 aromatic heterocycles. The molecule has 0 N–H and O–H groups in total. The van der Waals surface area contributed by atoms with Crippen LogP contribution in [0.25, 0.3) is 6.08 Å². The molecular weight excluding hydrogens is 478 g/mol. The minimum Gasteiger partial charge on any atom is -0.477 e. The van der Waals surface area contributed by atoms with E-state index in [1.807, 2.05) is 61.5 Å². The number of rotatable bonds is 3. The Balaban J connectivity index is 1.43. The molecule has 0 bridgehead atoms. The predicted octanol–water partition coefficient (Wildman–Crippen LogP) is 6.38. The Morgan fingerprint density at radius 3 is 2.77 bits per heavy atom. The largest absolute Gasteiger partial charge is 0.477 e. The summed E-state index contributed by atoms with van der Waals surface area (Å²) in [5, 5.41) is 0.740. The zero-order chi connectivity index (χ0) is 21.5. The van der Waals surface area contributed by atoms with Crippen LogP contribution in [0.15, 0.2) is 64.8 Å². The number of ketones is 1. The molecule has 0 radical (unpaired) electrons. The van der Waals surface area contributed by atoms with Gasteiger partial charge < -0.3 is 9.47 Å². The Hall–Kier alpha value is -2.60. The summed E-state index contributed by atoms with van der Waals surface area (Å²) in [6.45, 7) is 3.74. The van der Waals surface area contributed by atoms with Crippen LogP contribution in [0.1, 0.15) is 32.6 Å². The molecule has 0 saturated heterocycles. The second-order valence-electron chi connectivity index (χ2n) is 7.71. The van der Waals surface area contributed by atoms with Crippen LogP contribution in [0.2, 0.25) is 5.02 Å². The van der Waals surface area contributed by atoms with E-state index in [4.69, 9.17) is 21.1 Å². The first kappa shape index (κ1) is 20.3. The van der Waals surface area contributed by atoms with E-state index in [-0.39, 0.29) is 5.78 Å². The van der Waals surface area contributed by atoms with Gasteiger partial charge in [0.1, 0.15) is 18.2 Å². The van der Waals surface area contributed by atoms with E-state index in [2.05, 4.69) is 20.8 Å². The number of halogens is 2. The van der Waals surface area contributed by atoms with Crippen LogP contribution in [-0.2, 0) is 13.1 Å². The number of benzene rings is 3. The van der Waals surface area contributed by atoms with E-state index in [0.29, 0.717) is 36.9 Å². The topological polar surface area (TPSA) is 38.8 Å². The molecule has 0 aliphatic carbocycles. The number of ether oxygens (including phenoxy) is 2. The highest BCUT2D eigenvalue weighted by atomic mass is 79.9. The van der Waals surface area contributed by atoms with Crippen molar-refractivity contribution in [3.05, 3.63) is 97.7 Å². The number of hydrogen-bond donors (Lipinski definition) is 0. The third-order valence-electron chi connectivity index (χ3n) is 5.50. The third kappa shape index (κ3) is 3.89. The number of hydrogen-bond acceptors (Lipinski definition) is 4. The summed E-state index contributed by atoms with van der Waals surface area (Å²) in [5.41, 5.74) is 4.37. The van der Waals surface area contributed by atoms with Crippen LogP contribution in [0.4, 0.5) is 0 Å². The van der Waals surface area contributed by atoms with Crippen LogP contribution in [-0.4, -0.2) is 17.4 Å². The number of Topliss-reactive ketones (excluding diaryl/α,β-unsaturated/α-hetero) is 1. The normalized spacial score (nSPS) is 16.6. The summed E-state index contributed by atoms with van der Waals surface area (Å²) in [6, 6.07) is 17.5. The van der Waals surface area contributed by atoms with Crippen molar-refractivity contribution in [2.45, 2.75) is 20.0 Å². The maximum absolute atomic E-state index is 13.1. The Bertz CT molecular complexity index is 1240. The molecule has 0 amide bonds. The van der Waals surface area contributed by atoms with Gasteiger partial charge in [0, 0.05) is 33.7 Å².